The van der Waals surface area contributed by atoms with Crippen LogP contribution in [0, 0.1) is 5.41 Å². The highest BCUT2D eigenvalue weighted by atomic mass is 16.4. The third-order valence-electron chi connectivity index (χ3n) is 3.30. The second-order valence-corrected chi connectivity index (χ2v) is 5.68. The Bertz CT molecular complexity index is 396. The molecule has 0 radical (unpaired) electrons. The minimum absolute atomic E-state index is 0.496. The Morgan fingerprint density at radius 1 is 1.16 bits per heavy atom. The molecular formula is C16H25NO2. The van der Waals surface area contributed by atoms with Crippen molar-refractivity contribution in [1.29, 1.82) is 0 Å². The minimum atomic E-state index is -0.760. The van der Waals surface area contributed by atoms with Crippen molar-refractivity contribution < 1.29 is 9.90 Å². The van der Waals surface area contributed by atoms with Gasteiger partial charge in [0, 0.05) is 6.54 Å². The van der Waals surface area contributed by atoms with Gasteiger partial charge >= 0.3 is 5.97 Å². The SMILES string of the molecule is CCCc1ccc(CCNCC(C)(C)C(=O)O)cc1. The first kappa shape index (κ1) is 15.7. The van der Waals surface area contributed by atoms with E-state index in [1.807, 2.05) is 0 Å². The molecule has 3 nitrogen and oxygen atoms in total. The van der Waals surface area contributed by atoms with Crippen LogP contribution in [0.25, 0.3) is 0 Å². The molecule has 0 heterocycles. The smallest absolute Gasteiger partial charge is 0.310 e. The topological polar surface area (TPSA) is 49.3 Å². The lowest BCUT2D eigenvalue weighted by Crippen LogP contribution is -2.36. The van der Waals surface area contributed by atoms with Gasteiger partial charge in [0.25, 0.3) is 0 Å². The molecule has 0 aliphatic carbocycles. The Labute approximate surface area is 116 Å². The zero-order valence-corrected chi connectivity index (χ0v) is 12.2. The van der Waals surface area contributed by atoms with Crippen LogP contribution in [-0.4, -0.2) is 24.2 Å². The Morgan fingerprint density at radius 2 is 1.68 bits per heavy atom. The minimum Gasteiger partial charge on any atom is -0.481 e. The summed E-state index contributed by atoms with van der Waals surface area (Å²) in [6.07, 6.45) is 3.23. The van der Waals surface area contributed by atoms with E-state index in [4.69, 9.17) is 5.11 Å². The normalized spacial score (nSPS) is 11.5. The summed E-state index contributed by atoms with van der Waals surface area (Å²) in [5.41, 5.74) is 1.97. The predicted octanol–water partition coefficient (Wildman–Crippen LogP) is 2.88. The highest BCUT2D eigenvalue weighted by Crippen LogP contribution is 2.13. The molecule has 0 amide bonds. The van der Waals surface area contributed by atoms with Crippen molar-refractivity contribution in [3.8, 4) is 0 Å². The van der Waals surface area contributed by atoms with E-state index in [-0.39, 0.29) is 0 Å². The van der Waals surface area contributed by atoms with Crippen LogP contribution in [0.3, 0.4) is 0 Å². The summed E-state index contributed by atoms with van der Waals surface area (Å²) in [7, 11) is 0. The summed E-state index contributed by atoms with van der Waals surface area (Å²) in [5.74, 6) is -0.760. The number of carbonyl (C=O) groups is 1. The van der Waals surface area contributed by atoms with Gasteiger partial charge in [-0.05, 0) is 44.4 Å². The quantitative estimate of drug-likeness (QED) is 0.709. The van der Waals surface area contributed by atoms with Gasteiger partial charge in [0.15, 0.2) is 0 Å². The summed E-state index contributed by atoms with van der Waals surface area (Å²) >= 11 is 0. The number of carboxylic acid groups (broad SMARTS) is 1. The number of hydrogen-bond acceptors (Lipinski definition) is 2. The van der Waals surface area contributed by atoms with E-state index in [0.717, 1.165) is 19.4 Å². The van der Waals surface area contributed by atoms with Gasteiger partial charge in [0.2, 0.25) is 0 Å². The van der Waals surface area contributed by atoms with Gasteiger partial charge in [0.05, 0.1) is 5.41 Å². The average Bonchev–Trinajstić information content (AvgIpc) is 2.37. The Hall–Kier alpha value is -1.35. The van der Waals surface area contributed by atoms with Gasteiger partial charge in [-0.2, -0.15) is 0 Å². The fourth-order valence-corrected chi connectivity index (χ4v) is 1.87. The van der Waals surface area contributed by atoms with Crippen molar-refractivity contribution in [1.82, 2.24) is 5.32 Å². The van der Waals surface area contributed by atoms with Crippen LogP contribution >= 0.6 is 0 Å². The Kier molecular flexibility index (Phi) is 6.03. The van der Waals surface area contributed by atoms with Gasteiger partial charge < -0.3 is 10.4 Å². The first-order valence-corrected chi connectivity index (χ1v) is 6.97. The molecule has 0 spiro atoms. The molecule has 0 fully saturated rings. The number of aryl methyl sites for hydroxylation is 1. The molecule has 0 bridgehead atoms. The van der Waals surface area contributed by atoms with Crippen LogP contribution in [0.15, 0.2) is 24.3 Å². The molecule has 1 rings (SSSR count). The van der Waals surface area contributed by atoms with E-state index >= 15 is 0 Å². The van der Waals surface area contributed by atoms with Gasteiger partial charge in [-0.1, -0.05) is 37.6 Å². The maximum atomic E-state index is 10.9. The fourth-order valence-electron chi connectivity index (χ4n) is 1.87. The number of hydrogen-bond donors (Lipinski definition) is 2. The summed E-state index contributed by atoms with van der Waals surface area (Å²) < 4.78 is 0. The van der Waals surface area contributed by atoms with E-state index in [1.165, 1.54) is 17.5 Å². The molecule has 0 aromatic heterocycles. The Morgan fingerprint density at radius 3 is 2.16 bits per heavy atom. The van der Waals surface area contributed by atoms with Crippen molar-refractivity contribution in [2.24, 2.45) is 5.41 Å². The number of nitrogens with one attached hydrogen (secondary N) is 1. The molecule has 1 aromatic rings. The van der Waals surface area contributed by atoms with Crippen LogP contribution < -0.4 is 5.32 Å². The highest BCUT2D eigenvalue weighted by Gasteiger charge is 2.26. The van der Waals surface area contributed by atoms with Crippen molar-refractivity contribution >= 4 is 5.97 Å². The molecule has 0 aliphatic rings. The second-order valence-electron chi connectivity index (χ2n) is 5.68. The van der Waals surface area contributed by atoms with E-state index in [2.05, 4.69) is 36.5 Å². The van der Waals surface area contributed by atoms with E-state index in [1.54, 1.807) is 13.8 Å². The maximum absolute atomic E-state index is 10.9. The average molecular weight is 263 g/mol. The zero-order chi connectivity index (χ0) is 14.3. The number of rotatable bonds is 8. The van der Waals surface area contributed by atoms with Crippen LogP contribution in [0.4, 0.5) is 0 Å². The molecule has 19 heavy (non-hydrogen) atoms. The third kappa shape index (κ3) is 5.43. The van der Waals surface area contributed by atoms with Gasteiger partial charge in [-0.25, -0.2) is 0 Å². The van der Waals surface area contributed by atoms with E-state index < -0.39 is 11.4 Å². The molecule has 0 unspecified atom stereocenters. The van der Waals surface area contributed by atoms with Crippen molar-refractivity contribution in [2.45, 2.75) is 40.0 Å². The maximum Gasteiger partial charge on any atom is 0.310 e. The molecular weight excluding hydrogens is 238 g/mol. The fraction of sp³-hybridized carbons (Fsp3) is 0.562. The second kappa shape index (κ2) is 7.29. The van der Waals surface area contributed by atoms with E-state index in [0.29, 0.717) is 6.54 Å². The van der Waals surface area contributed by atoms with Gasteiger partial charge in [-0.15, -0.1) is 0 Å². The summed E-state index contributed by atoms with van der Waals surface area (Å²) in [5, 5.41) is 12.2. The molecule has 0 atom stereocenters. The number of aliphatic carboxylic acids is 1. The van der Waals surface area contributed by atoms with Crippen molar-refractivity contribution in [2.75, 3.05) is 13.1 Å². The molecule has 2 N–H and O–H groups in total. The molecule has 1 aromatic carbocycles. The molecule has 3 heteroatoms. The summed E-state index contributed by atoms with van der Waals surface area (Å²) in [6.45, 7) is 6.96. The van der Waals surface area contributed by atoms with Gasteiger partial charge in [-0.3, -0.25) is 4.79 Å². The first-order valence-electron chi connectivity index (χ1n) is 6.97. The first-order chi connectivity index (χ1) is 8.95. The van der Waals surface area contributed by atoms with Crippen LogP contribution in [0.1, 0.15) is 38.3 Å². The van der Waals surface area contributed by atoms with Crippen LogP contribution in [0.2, 0.25) is 0 Å². The predicted molar refractivity (Wildman–Crippen MR) is 78.4 cm³/mol. The third-order valence-corrected chi connectivity index (χ3v) is 3.30. The standard InChI is InChI=1S/C16H25NO2/c1-4-5-13-6-8-14(9-7-13)10-11-17-12-16(2,3)15(18)19/h6-9,17H,4-5,10-12H2,1-3H3,(H,18,19). The van der Waals surface area contributed by atoms with Crippen molar-refractivity contribution in [3.63, 3.8) is 0 Å². The summed E-state index contributed by atoms with van der Waals surface area (Å²) in [6, 6.07) is 8.68. The number of benzene rings is 1. The summed E-state index contributed by atoms with van der Waals surface area (Å²) in [4.78, 5) is 10.9. The van der Waals surface area contributed by atoms with Crippen molar-refractivity contribution in [3.05, 3.63) is 35.4 Å². The van der Waals surface area contributed by atoms with Gasteiger partial charge in [0.1, 0.15) is 0 Å². The largest absolute Gasteiger partial charge is 0.481 e. The molecule has 0 saturated carbocycles. The van der Waals surface area contributed by atoms with Crippen LogP contribution in [-0.2, 0) is 17.6 Å². The lowest BCUT2D eigenvalue weighted by atomic mass is 9.94. The zero-order valence-electron chi connectivity index (χ0n) is 12.2. The molecule has 0 aliphatic heterocycles. The monoisotopic (exact) mass is 263 g/mol. The Balaban J connectivity index is 2.31. The lowest BCUT2D eigenvalue weighted by molar-refractivity contribution is -0.146. The lowest BCUT2D eigenvalue weighted by Gasteiger charge is -2.19. The van der Waals surface area contributed by atoms with E-state index in [9.17, 15) is 4.79 Å². The number of carboxylic acids is 1. The highest BCUT2D eigenvalue weighted by molar-refractivity contribution is 5.73. The molecule has 106 valence electrons. The van der Waals surface area contributed by atoms with Crippen LogP contribution in [0.5, 0.6) is 0 Å². The molecule has 0 saturated heterocycles.